The van der Waals surface area contributed by atoms with Crippen molar-refractivity contribution >= 4 is 57.5 Å². The van der Waals surface area contributed by atoms with Crippen LogP contribution in [-0.4, -0.2) is 50.8 Å². The van der Waals surface area contributed by atoms with Crippen LogP contribution in [0.2, 0.25) is 5.02 Å². The van der Waals surface area contributed by atoms with Crippen molar-refractivity contribution < 1.29 is 37.5 Å². The number of fused-ring (bicyclic) bond motifs is 5. The molecule has 2 saturated heterocycles. The van der Waals surface area contributed by atoms with Gasteiger partial charge in [0.05, 0.1) is 33.9 Å². The van der Waals surface area contributed by atoms with Gasteiger partial charge in [-0.3, -0.25) is 29.6 Å². The number of benzene rings is 4. The molecule has 4 aliphatic rings. The maximum absolute atomic E-state index is 15.4. The number of phenols is 1. The molecule has 2 aliphatic heterocycles. The Bertz CT molecular complexity index is 2580. The van der Waals surface area contributed by atoms with E-state index in [1.165, 1.54) is 7.05 Å². The molecule has 0 radical (unpaired) electrons. The molecule has 58 heavy (non-hydrogen) atoms. The number of hydrogen-bond acceptors (Lipinski definition) is 8. The zero-order chi connectivity index (χ0) is 40.8. The van der Waals surface area contributed by atoms with Crippen LogP contribution in [0.3, 0.4) is 0 Å². The highest BCUT2D eigenvalue weighted by atomic mass is 35.5. The lowest BCUT2D eigenvalue weighted by atomic mass is 9.49. The fraction of sp³-hybridized carbons (Fsp3) is 0.250. The van der Waals surface area contributed by atoms with Crippen molar-refractivity contribution in [2.24, 2.45) is 23.7 Å². The quantitative estimate of drug-likeness (QED) is 0.131. The molecule has 5 aromatic rings. The van der Waals surface area contributed by atoms with Crippen LogP contribution in [0.4, 0.5) is 24.7 Å². The zero-order valence-electron chi connectivity index (χ0n) is 31.1. The smallest absolute Gasteiger partial charge is 0.433 e. The maximum atomic E-state index is 15.4. The van der Waals surface area contributed by atoms with Gasteiger partial charge in [-0.05, 0) is 60.9 Å². The lowest BCUT2D eigenvalue weighted by Gasteiger charge is -2.50. The normalized spacial score (nSPS) is 25.4. The molecule has 1 saturated carbocycles. The van der Waals surface area contributed by atoms with Gasteiger partial charge in [0.15, 0.2) is 5.82 Å². The Kier molecular flexibility index (Phi) is 8.66. The van der Waals surface area contributed by atoms with Crippen molar-refractivity contribution in [3.05, 3.63) is 142 Å². The number of amides is 4. The van der Waals surface area contributed by atoms with Gasteiger partial charge in [0.2, 0.25) is 0 Å². The van der Waals surface area contributed by atoms with Gasteiger partial charge in [-0.25, -0.2) is 4.98 Å². The number of carbonyl (C=O) groups excluding carboxylic acids is 4. The van der Waals surface area contributed by atoms with Gasteiger partial charge in [0.1, 0.15) is 11.4 Å². The van der Waals surface area contributed by atoms with Gasteiger partial charge in [-0.1, -0.05) is 108 Å². The molecule has 6 unspecified atom stereocenters. The number of phenolic OH excluding ortho intramolecular Hbond substituents is 1. The van der Waals surface area contributed by atoms with Gasteiger partial charge in [-0.15, -0.1) is 0 Å². The fourth-order valence-electron chi connectivity index (χ4n) is 9.79. The summed E-state index contributed by atoms with van der Waals surface area (Å²) in [4.78, 5) is 63.1. The van der Waals surface area contributed by atoms with Crippen LogP contribution in [0.15, 0.2) is 115 Å². The number of anilines is 2. The third-order valence-electron chi connectivity index (χ3n) is 12.3. The number of halogens is 4. The first-order valence-corrected chi connectivity index (χ1v) is 19.1. The molecular formula is C44H35ClF3N5O5. The molecule has 14 heteroatoms. The zero-order valence-corrected chi connectivity index (χ0v) is 31.8. The van der Waals surface area contributed by atoms with Gasteiger partial charge in [0, 0.05) is 23.9 Å². The van der Waals surface area contributed by atoms with Gasteiger partial charge < -0.3 is 5.11 Å². The Morgan fingerprint density at radius 2 is 1.57 bits per heavy atom. The molecule has 4 aromatic carbocycles. The van der Waals surface area contributed by atoms with E-state index >= 15 is 4.79 Å². The lowest BCUT2D eigenvalue weighted by molar-refractivity contribution is -0.142. The number of nitrogens with one attached hydrogen (secondary N) is 1. The summed E-state index contributed by atoms with van der Waals surface area (Å²) < 4.78 is 41.2. The van der Waals surface area contributed by atoms with E-state index in [0.717, 1.165) is 32.0 Å². The van der Waals surface area contributed by atoms with Gasteiger partial charge in [-0.2, -0.15) is 23.2 Å². The number of hydrazine groups is 2. The van der Waals surface area contributed by atoms with E-state index in [0.29, 0.717) is 33.8 Å². The number of aryl methyl sites for hydroxylation is 1. The summed E-state index contributed by atoms with van der Waals surface area (Å²) in [5.74, 6) is -7.90. The van der Waals surface area contributed by atoms with Crippen molar-refractivity contribution in [3.63, 3.8) is 0 Å². The van der Waals surface area contributed by atoms with E-state index in [4.69, 9.17) is 11.6 Å². The van der Waals surface area contributed by atoms with Crippen LogP contribution >= 0.6 is 11.6 Å². The number of nitrogens with zero attached hydrogens (tertiary/aromatic N) is 4. The van der Waals surface area contributed by atoms with Crippen molar-refractivity contribution in [2.45, 2.75) is 37.3 Å². The average Bonchev–Trinajstić information content (AvgIpc) is 3.59. The second-order valence-corrected chi connectivity index (χ2v) is 15.7. The maximum Gasteiger partial charge on any atom is 0.433 e. The molecular weight excluding hydrogens is 771 g/mol. The van der Waals surface area contributed by atoms with Crippen molar-refractivity contribution in [1.29, 1.82) is 0 Å². The first-order valence-electron chi connectivity index (χ1n) is 18.8. The Morgan fingerprint density at radius 1 is 0.862 bits per heavy atom. The van der Waals surface area contributed by atoms with E-state index in [1.807, 2.05) is 43.3 Å². The number of alkyl halides is 3. The van der Waals surface area contributed by atoms with Crippen molar-refractivity contribution in [1.82, 2.24) is 15.0 Å². The molecule has 1 aromatic heterocycles. The number of pyridine rings is 1. The summed E-state index contributed by atoms with van der Waals surface area (Å²) in [6.07, 6.45) is -2.97. The van der Waals surface area contributed by atoms with Crippen molar-refractivity contribution in [3.8, 4) is 5.75 Å². The molecule has 0 bridgehead atoms. The Labute approximate surface area is 335 Å². The lowest BCUT2D eigenvalue weighted by Crippen LogP contribution is -2.53. The highest BCUT2D eigenvalue weighted by Crippen LogP contribution is 2.65. The first-order chi connectivity index (χ1) is 27.7. The molecule has 4 amide bonds. The van der Waals surface area contributed by atoms with Gasteiger partial charge in [0.25, 0.3) is 23.6 Å². The molecule has 2 N–H and O–H groups in total. The molecule has 294 valence electrons. The summed E-state index contributed by atoms with van der Waals surface area (Å²) in [6.45, 7) is 1.91. The highest BCUT2D eigenvalue weighted by Gasteiger charge is 2.71. The second kappa shape index (κ2) is 13.4. The van der Waals surface area contributed by atoms with Crippen LogP contribution in [0.25, 0.3) is 10.8 Å². The predicted octanol–water partition coefficient (Wildman–Crippen LogP) is 7.96. The molecule has 3 fully saturated rings. The molecule has 10 nitrogen and oxygen atoms in total. The topological polar surface area (TPSA) is 123 Å². The van der Waals surface area contributed by atoms with Crippen LogP contribution in [0, 0.1) is 30.6 Å². The van der Waals surface area contributed by atoms with E-state index in [1.54, 1.807) is 60.7 Å². The van der Waals surface area contributed by atoms with Gasteiger partial charge >= 0.3 is 6.18 Å². The van der Waals surface area contributed by atoms with Crippen LogP contribution in [0.1, 0.15) is 41.1 Å². The number of carbonyl (C=O) groups is 4. The third kappa shape index (κ3) is 5.43. The molecule has 2 aliphatic carbocycles. The number of aromatic hydroxyl groups is 1. The minimum atomic E-state index is -4.82. The molecule has 3 heterocycles. The molecule has 0 spiro atoms. The Balaban J connectivity index is 1.22. The number of allylic oxidation sites excluding steroid dienone is 2. The monoisotopic (exact) mass is 805 g/mol. The third-order valence-corrected chi connectivity index (χ3v) is 12.6. The number of aromatic nitrogens is 1. The second-order valence-electron chi connectivity index (χ2n) is 15.3. The summed E-state index contributed by atoms with van der Waals surface area (Å²) in [7, 11) is 1.25. The summed E-state index contributed by atoms with van der Waals surface area (Å²) in [6, 6.07) is 28.7. The van der Waals surface area contributed by atoms with E-state index < -0.39 is 76.3 Å². The standard InChI is InChI=1S/C44H35ClF3N5O5/c1-23-12-15-26(16-13-23)50-52-40(56)32-22-31-28(18-19-29-35(31)41(57)53(39(29)55)51(2)38-33(45)20-21-34(49-38)44(46,47)48)36(43(32,42(52)58)25-9-4-3-5-10-25)30-17-14-24-8-6-7-11-27(24)37(30)54/h3-18,20-21,29,31-32,35-36,50,54H,19,22H2,1-2H3. The van der Waals surface area contributed by atoms with E-state index in [9.17, 15) is 32.7 Å². The summed E-state index contributed by atoms with van der Waals surface area (Å²) in [5.41, 5.74) is 3.15. The fourth-order valence-corrected chi connectivity index (χ4v) is 10.0. The van der Waals surface area contributed by atoms with E-state index in [-0.39, 0.29) is 23.6 Å². The average molecular weight is 806 g/mol. The van der Waals surface area contributed by atoms with Crippen LogP contribution < -0.4 is 10.4 Å². The summed E-state index contributed by atoms with van der Waals surface area (Å²) >= 11 is 6.33. The minimum Gasteiger partial charge on any atom is -0.507 e. The number of imide groups is 2. The van der Waals surface area contributed by atoms with Crippen LogP contribution in [-0.2, 0) is 30.8 Å². The van der Waals surface area contributed by atoms with Crippen molar-refractivity contribution in [2.75, 3.05) is 17.5 Å². The minimum absolute atomic E-state index is 0.0253. The first kappa shape index (κ1) is 37.4. The molecule has 6 atom stereocenters. The largest absolute Gasteiger partial charge is 0.507 e. The number of hydrogen-bond donors (Lipinski definition) is 2. The highest BCUT2D eigenvalue weighted by molar-refractivity contribution is 6.33. The molecule has 9 rings (SSSR count). The van der Waals surface area contributed by atoms with E-state index in [2.05, 4.69) is 10.4 Å². The summed E-state index contributed by atoms with van der Waals surface area (Å²) in [5, 5.41) is 16.0. The van der Waals surface area contributed by atoms with Crippen LogP contribution in [0.5, 0.6) is 5.75 Å². The Hall–Kier alpha value is -6.21. The SMILES string of the molecule is Cc1ccc(NN2C(=O)C3CC4C(=CCC5C(=O)N(N(C)c6nc(C(F)(F)F)ccc6Cl)C(=O)C54)C(c4ccc5ccccc5c4O)C3(c3ccccc3)C2=O)cc1. The predicted molar refractivity (Wildman–Crippen MR) is 209 cm³/mol. The number of rotatable bonds is 6. The Morgan fingerprint density at radius 3 is 2.29 bits per heavy atom.